The van der Waals surface area contributed by atoms with Crippen LogP contribution >= 0.6 is 11.8 Å². The van der Waals surface area contributed by atoms with Crippen molar-refractivity contribution in [2.45, 2.75) is 94.2 Å². The van der Waals surface area contributed by atoms with Crippen LogP contribution in [0.3, 0.4) is 0 Å². The smallest absolute Gasteiger partial charge is 0.327 e. The first-order valence-corrected chi connectivity index (χ1v) is 22.7. The molecule has 0 radical (unpaired) electrons. The van der Waals surface area contributed by atoms with Gasteiger partial charge in [-0.1, -0.05) is 30.3 Å². The lowest BCUT2D eigenvalue weighted by molar-refractivity contribution is -0.154. The standard InChI is InChI=1S/C42H63N7O18S/c1-43-27(38(58)48(2)30(23-37(56)57)39(59)49(3)31(24-68-4)41(62)63)10-12-32(51)29(22-26-8-6-5-7-9-26)45-34(53)16-18-65-20-21-66-19-17-44-33(52)13-11-28(40(60)61)46-42(64)47-35(67-25-50)14-15-36(54)55/h5-9,25,27-31,35,43H,10-24H2,1-4H3,(H,44,52)(H,45,53)(H,54,55)(H,56,57)(H,60,61)(H,62,63)(H2,46,47,64)/t27-,28-,29-,30-,31-,35+/m0/s1. The van der Waals surface area contributed by atoms with Crippen molar-refractivity contribution in [1.29, 1.82) is 0 Å². The zero-order valence-corrected chi connectivity index (χ0v) is 39.2. The van der Waals surface area contributed by atoms with Crippen LogP contribution in [0.5, 0.6) is 0 Å². The quantitative estimate of drug-likeness (QED) is 0.0212. The lowest BCUT2D eigenvalue weighted by Crippen LogP contribution is -2.56. The number of urea groups is 1. The summed E-state index contributed by atoms with van der Waals surface area (Å²) in [6, 6.07) is 1.42. The highest BCUT2D eigenvalue weighted by molar-refractivity contribution is 7.98. The van der Waals surface area contributed by atoms with Gasteiger partial charge in [0.25, 0.3) is 6.47 Å². The summed E-state index contributed by atoms with van der Waals surface area (Å²) in [4.78, 5) is 137. The number of hydrogen-bond donors (Lipinski definition) is 9. The molecule has 6 amide bonds. The summed E-state index contributed by atoms with van der Waals surface area (Å²) in [5.74, 6) is -8.39. The third-order valence-electron chi connectivity index (χ3n) is 10.0. The molecule has 0 aliphatic carbocycles. The predicted octanol–water partition coefficient (Wildman–Crippen LogP) is -1.34. The number of nitrogens with zero attached hydrogens (tertiary/aromatic N) is 2. The molecule has 6 atom stereocenters. The third-order valence-corrected chi connectivity index (χ3v) is 10.7. The molecular weight excluding hydrogens is 923 g/mol. The molecule has 1 aromatic rings. The molecule has 9 N–H and O–H groups in total. The van der Waals surface area contributed by atoms with Gasteiger partial charge < -0.3 is 71.0 Å². The molecule has 0 spiro atoms. The number of carboxylic acids is 4. The van der Waals surface area contributed by atoms with Crippen LogP contribution in [0.1, 0.15) is 56.9 Å². The van der Waals surface area contributed by atoms with Crippen molar-refractivity contribution in [1.82, 2.24) is 36.4 Å². The average molecular weight is 986 g/mol. The molecule has 0 aliphatic heterocycles. The molecule has 68 heavy (non-hydrogen) atoms. The van der Waals surface area contributed by atoms with E-state index in [1.54, 1.807) is 36.6 Å². The van der Waals surface area contributed by atoms with E-state index in [1.807, 2.05) is 0 Å². The normalized spacial score (nSPS) is 13.5. The lowest BCUT2D eigenvalue weighted by Gasteiger charge is -2.34. The third kappa shape index (κ3) is 23.9. The molecule has 1 aromatic carbocycles. The summed E-state index contributed by atoms with van der Waals surface area (Å²) in [5, 5.41) is 49.7. The van der Waals surface area contributed by atoms with Crippen LogP contribution in [0.4, 0.5) is 4.79 Å². The molecule has 0 saturated carbocycles. The van der Waals surface area contributed by atoms with Gasteiger partial charge >= 0.3 is 29.9 Å². The Kier molecular flexibility index (Phi) is 29.1. The molecule has 1 rings (SSSR count). The molecule has 0 fully saturated rings. The number of hydrogen-bond acceptors (Lipinski definition) is 16. The van der Waals surface area contributed by atoms with E-state index in [-0.39, 0.29) is 90.1 Å². The number of ketones is 1. The first kappa shape index (κ1) is 59.6. The summed E-state index contributed by atoms with van der Waals surface area (Å²) in [7, 11) is 3.90. The van der Waals surface area contributed by atoms with E-state index in [0.29, 0.717) is 0 Å². The number of amides is 6. The van der Waals surface area contributed by atoms with Gasteiger partial charge in [0.05, 0.1) is 51.4 Å². The van der Waals surface area contributed by atoms with E-state index in [0.717, 1.165) is 15.4 Å². The number of benzene rings is 1. The van der Waals surface area contributed by atoms with Gasteiger partial charge in [0.15, 0.2) is 12.0 Å². The number of carbonyl (C=O) groups excluding carboxylic acids is 7. The number of aliphatic carboxylic acids is 4. The highest BCUT2D eigenvalue weighted by atomic mass is 32.2. The molecule has 0 heterocycles. The van der Waals surface area contributed by atoms with Crippen LogP contribution in [0.25, 0.3) is 0 Å². The summed E-state index contributed by atoms with van der Waals surface area (Å²) < 4.78 is 15.5. The molecule has 0 saturated heterocycles. The van der Waals surface area contributed by atoms with Crippen molar-refractivity contribution < 1.29 is 87.4 Å². The van der Waals surface area contributed by atoms with Gasteiger partial charge in [-0.25, -0.2) is 14.4 Å². The van der Waals surface area contributed by atoms with Crippen molar-refractivity contribution in [3.05, 3.63) is 35.9 Å². The fourth-order valence-electron chi connectivity index (χ4n) is 6.28. The second-order valence-corrected chi connectivity index (χ2v) is 15.9. The molecule has 0 unspecified atom stereocenters. The molecule has 0 aliphatic rings. The Morgan fingerprint density at radius 3 is 1.88 bits per heavy atom. The summed E-state index contributed by atoms with van der Waals surface area (Å²) in [5.41, 5.74) is 0.743. The Labute approximate surface area is 396 Å². The maximum Gasteiger partial charge on any atom is 0.327 e. The molecule has 25 nitrogen and oxygen atoms in total. The van der Waals surface area contributed by atoms with Crippen LogP contribution in [-0.4, -0.2) is 199 Å². The zero-order chi connectivity index (χ0) is 51.2. The topological polar surface area (TPSA) is 363 Å². The summed E-state index contributed by atoms with van der Waals surface area (Å²) in [6.45, 7) is 0.205. The number of thioether (sulfide) groups is 1. The Hall–Kier alpha value is -6.38. The largest absolute Gasteiger partial charge is 0.481 e. The predicted molar refractivity (Wildman–Crippen MR) is 240 cm³/mol. The van der Waals surface area contributed by atoms with E-state index in [2.05, 4.69) is 31.3 Å². The van der Waals surface area contributed by atoms with Crippen molar-refractivity contribution >= 4 is 77.6 Å². The van der Waals surface area contributed by atoms with Gasteiger partial charge in [-0.3, -0.25) is 38.4 Å². The van der Waals surface area contributed by atoms with E-state index in [1.165, 1.54) is 32.9 Å². The highest BCUT2D eigenvalue weighted by Crippen LogP contribution is 2.16. The van der Waals surface area contributed by atoms with Gasteiger partial charge in [-0.15, -0.1) is 0 Å². The summed E-state index contributed by atoms with van der Waals surface area (Å²) >= 11 is 1.17. The Balaban J connectivity index is 2.65. The number of Topliss-reactive ketones (excluding diaryl/α,β-unsaturated/α-hetero) is 1. The zero-order valence-electron chi connectivity index (χ0n) is 38.3. The fraction of sp³-hybridized carbons (Fsp3) is 0.595. The number of carbonyl (C=O) groups is 11. The minimum Gasteiger partial charge on any atom is -0.481 e. The van der Waals surface area contributed by atoms with Gasteiger partial charge in [0.1, 0.15) is 18.1 Å². The maximum atomic E-state index is 13.6. The van der Waals surface area contributed by atoms with E-state index < -0.39 is 109 Å². The Morgan fingerprint density at radius 1 is 0.676 bits per heavy atom. The van der Waals surface area contributed by atoms with E-state index in [9.17, 15) is 68.1 Å². The first-order chi connectivity index (χ1) is 32.2. The molecular formula is C42H63N7O18S. The van der Waals surface area contributed by atoms with Crippen molar-refractivity contribution in [3.8, 4) is 0 Å². The monoisotopic (exact) mass is 985 g/mol. The molecule has 26 heteroatoms. The minimum atomic E-state index is -1.55. The minimum absolute atomic E-state index is 0.00342. The van der Waals surface area contributed by atoms with Gasteiger partial charge in [-0.2, -0.15) is 11.8 Å². The van der Waals surface area contributed by atoms with Crippen LogP contribution < -0.4 is 26.6 Å². The van der Waals surface area contributed by atoms with Gasteiger partial charge in [0.2, 0.25) is 23.6 Å². The first-order valence-electron chi connectivity index (χ1n) is 21.3. The van der Waals surface area contributed by atoms with Crippen molar-refractivity contribution in [3.63, 3.8) is 0 Å². The summed E-state index contributed by atoms with van der Waals surface area (Å²) in [6.07, 6.45) is -2.09. The SMILES string of the molecule is CN[C@@H](CCC(=O)[C@H](Cc1ccccc1)NC(=O)CCOCCOCCNC(=O)CC[C@H](NC(=O)N[C@@H](CCC(=O)O)OC=O)C(=O)O)C(=O)N(C)[C@@H](CC(=O)O)C(=O)N(C)[C@@H](CSC)C(=O)O. The second kappa shape index (κ2) is 33.2. The van der Waals surface area contributed by atoms with Crippen LogP contribution in [0.2, 0.25) is 0 Å². The van der Waals surface area contributed by atoms with Gasteiger partial charge in [0, 0.05) is 52.1 Å². The lowest BCUT2D eigenvalue weighted by atomic mass is 9.97. The van der Waals surface area contributed by atoms with E-state index >= 15 is 0 Å². The number of ether oxygens (including phenoxy) is 3. The van der Waals surface area contributed by atoms with Gasteiger partial charge in [-0.05, 0) is 38.1 Å². The Morgan fingerprint density at radius 2 is 1.31 bits per heavy atom. The average Bonchev–Trinajstić information content (AvgIpc) is 3.29. The number of nitrogens with one attached hydrogen (secondary N) is 5. The van der Waals surface area contributed by atoms with E-state index in [4.69, 9.17) is 14.6 Å². The molecule has 0 aromatic heterocycles. The fourth-order valence-corrected chi connectivity index (χ4v) is 6.96. The van der Waals surface area contributed by atoms with Crippen LogP contribution in [0, 0.1) is 0 Å². The molecule has 0 bridgehead atoms. The number of carboxylic acid groups (broad SMARTS) is 4. The van der Waals surface area contributed by atoms with Crippen molar-refractivity contribution in [2.75, 3.05) is 66.1 Å². The second-order valence-electron chi connectivity index (χ2n) is 15.0. The number of rotatable bonds is 37. The van der Waals surface area contributed by atoms with Crippen LogP contribution in [0.15, 0.2) is 30.3 Å². The molecule has 380 valence electrons. The highest BCUT2D eigenvalue weighted by Gasteiger charge is 2.38. The number of likely N-dealkylation sites (N-methyl/N-ethyl adjacent to an activating group) is 3. The Bertz CT molecular complexity index is 1840. The maximum absolute atomic E-state index is 13.6. The van der Waals surface area contributed by atoms with Crippen LogP contribution in [-0.2, 0) is 68.6 Å². The van der Waals surface area contributed by atoms with Crippen molar-refractivity contribution in [2.24, 2.45) is 0 Å².